The Kier molecular flexibility index (Phi) is 19.1. The average Bonchev–Trinajstić information content (AvgIpc) is 3.08. The lowest BCUT2D eigenvalue weighted by atomic mass is 9.81. The second-order valence-corrected chi connectivity index (χ2v) is 28.9. The lowest BCUT2D eigenvalue weighted by Gasteiger charge is -2.47. The largest absolute Gasteiger partial charge is 0.456 e. The van der Waals surface area contributed by atoms with Gasteiger partial charge in [-0.3, -0.25) is 9.59 Å². The summed E-state index contributed by atoms with van der Waals surface area (Å²) in [5, 5.41) is 3.33. The van der Waals surface area contributed by atoms with E-state index in [0.717, 1.165) is 50.6 Å². The molecule has 0 radical (unpaired) electrons. The fourth-order valence-corrected chi connectivity index (χ4v) is 15.9. The molecule has 1 N–H and O–H groups in total. The second kappa shape index (κ2) is 21.2. The van der Waals surface area contributed by atoms with Crippen LogP contribution in [0.4, 0.5) is 0 Å². The minimum absolute atomic E-state index is 0.00951. The van der Waals surface area contributed by atoms with Gasteiger partial charge >= 0.3 is 5.97 Å². The molecule has 0 spiro atoms. The number of piperidine rings is 1. The first-order valence-corrected chi connectivity index (χ1v) is 26.0. The van der Waals surface area contributed by atoms with Gasteiger partial charge < -0.3 is 23.6 Å². The summed E-state index contributed by atoms with van der Waals surface area (Å²) in [5.41, 5.74) is 2.54. The molecule has 2 aliphatic rings. The number of nitrogens with one attached hydrogen (secondary N) is 1. The first kappa shape index (κ1) is 47.8. The molecule has 0 aromatic heterocycles. The predicted molar refractivity (Wildman–Crippen MR) is 227 cm³/mol. The number of hydrogen-bond acceptors (Lipinski definition) is 7. The lowest BCUT2D eigenvalue weighted by Crippen LogP contribution is -2.53. The van der Waals surface area contributed by atoms with Crippen LogP contribution >= 0.6 is 0 Å². The minimum Gasteiger partial charge on any atom is -0.456 e. The first-order chi connectivity index (χ1) is 24.7. The zero-order chi connectivity index (χ0) is 40.3. The van der Waals surface area contributed by atoms with E-state index in [9.17, 15) is 9.59 Å². The van der Waals surface area contributed by atoms with Crippen LogP contribution in [0.2, 0.25) is 34.8 Å². The Morgan fingerprint density at radius 3 is 1.94 bits per heavy atom. The molecule has 0 aromatic rings. The molecule has 1 aliphatic carbocycles. The van der Waals surface area contributed by atoms with Gasteiger partial charge in [-0.15, -0.1) is 13.2 Å². The van der Waals surface area contributed by atoms with E-state index in [1.54, 1.807) is 0 Å². The summed E-state index contributed by atoms with van der Waals surface area (Å²) < 4.78 is 27.2. The standard InChI is InChI=1S/C44H81NO6Si2/c1-17-21-36(22-18-2)38(46)29-40(50-52(15,16)44(11,12)13)34(10)42(49-43(47)37-23-19-20-26-45-37)33(9)27-35-24-25-39(41(28-35)48-14)51-53(30(3)4,31(5)6)32(7)8/h17-18,27,30-32,34-37,39-42,45H,1-2,19-26,28-29H2,3-16H3/b33-27+/t34-,35+,37+,39-,40+,41-,42-/m1/s1. The van der Waals surface area contributed by atoms with Crippen LogP contribution in [0.1, 0.15) is 134 Å². The Labute approximate surface area is 328 Å². The maximum absolute atomic E-state index is 14.0. The van der Waals surface area contributed by atoms with Crippen molar-refractivity contribution in [3.63, 3.8) is 0 Å². The fourth-order valence-electron chi connectivity index (χ4n) is 8.89. The molecule has 1 heterocycles. The Morgan fingerprint density at radius 1 is 0.887 bits per heavy atom. The summed E-state index contributed by atoms with van der Waals surface area (Å²) in [5.74, 6) is -0.268. The number of esters is 1. The molecule has 2 fully saturated rings. The van der Waals surface area contributed by atoms with Crippen molar-refractivity contribution in [1.82, 2.24) is 5.32 Å². The zero-order valence-corrected chi connectivity index (χ0v) is 38.5. The van der Waals surface area contributed by atoms with E-state index in [1.165, 1.54) is 0 Å². The van der Waals surface area contributed by atoms with E-state index in [0.29, 0.717) is 29.5 Å². The van der Waals surface area contributed by atoms with Crippen LogP contribution in [0.5, 0.6) is 0 Å². The topological polar surface area (TPSA) is 83.1 Å². The normalized spacial score (nSPS) is 24.0. The number of carbonyl (C=O) groups is 2. The molecule has 7 nitrogen and oxygen atoms in total. The van der Waals surface area contributed by atoms with Gasteiger partial charge in [0, 0.05) is 25.4 Å². The average molecular weight is 776 g/mol. The molecule has 0 bridgehead atoms. The van der Waals surface area contributed by atoms with Crippen molar-refractivity contribution in [3.8, 4) is 0 Å². The van der Waals surface area contributed by atoms with Gasteiger partial charge in [0.25, 0.3) is 0 Å². The van der Waals surface area contributed by atoms with E-state index in [-0.39, 0.29) is 59.2 Å². The summed E-state index contributed by atoms with van der Waals surface area (Å²) in [7, 11) is -2.59. The van der Waals surface area contributed by atoms with Crippen LogP contribution in [0.25, 0.3) is 0 Å². The molecule has 7 atom stereocenters. The highest BCUT2D eigenvalue weighted by Gasteiger charge is 2.49. The Bertz CT molecular complexity index is 1170. The Balaban J connectivity index is 2.53. The highest BCUT2D eigenvalue weighted by Crippen LogP contribution is 2.46. The number of hydrogen-bond donors (Lipinski definition) is 1. The third-order valence-electron chi connectivity index (χ3n) is 13.0. The van der Waals surface area contributed by atoms with Gasteiger partial charge in [0.05, 0.1) is 18.3 Å². The van der Waals surface area contributed by atoms with Crippen LogP contribution in [-0.4, -0.2) is 72.5 Å². The molecule has 0 aromatic carbocycles. The van der Waals surface area contributed by atoms with Crippen LogP contribution in [-0.2, 0) is 27.9 Å². The summed E-state index contributed by atoms with van der Waals surface area (Å²) in [6, 6.07) is -0.324. The maximum atomic E-state index is 14.0. The van der Waals surface area contributed by atoms with E-state index in [4.69, 9.17) is 18.3 Å². The molecule has 1 saturated heterocycles. The minimum atomic E-state index is -2.32. The van der Waals surface area contributed by atoms with Crippen molar-refractivity contribution < 1.29 is 27.9 Å². The lowest BCUT2D eigenvalue weighted by molar-refractivity contribution is -0.154. The van der Waals surface area contributed by atoms with Crippen molar-refractivity contribution in [2.75, 3.05) is 13.7 Å². The van der Waals surface area contributed by atoms with Gasteiger partial charge in [0.1, 0.15) is 17.9 Å². The first-order valence-electron chi connectivity index (χ1n) is 20.9. The van der Waals surface area contributed by atoms with E-state index < -0.39 is 28.8 Å². The number of carbonyl (C=O) groups excluding carboxylic acids is 2. The quantitative estimate of drug-likeness (QED) is 0.0706. The number of Topliss-reactive ketones (excluding diaryl/α,β-unsaturated/α-hetero) is 1. The number of rotatable bonds is 21. The van der Waals surface area contributed by atoms with Crippen LogP contribution < -0.4 is 5.32 Å². The molecular formula is C44H81NO6Si2. The predicted octanol–water partition coefficient (Wildman–Crippen LogP) is 11.1. The van der Waals surface area contributed by atoms with Gasteiger partial charge in [0.15, 0.2) is 8.32 Å². The van der Waals surface area contributed by atoms with Crippen molar-refractivity contribution >= 4 is 28.4 Å². The molecule has 53 heavy (non-hydrogen) atoms. The molecule has 306 valence electrons. The van der Waals surface area contributed by atoms with Crippen molar-refractivity contribution in [3.05, 3.63) is 37.0 Å². The van der Waals surface area contributed by atoms with E-state index in [1.807, 2.05) is 19.3 Å². The second-order valence-electron chi connectivity index (χ2n) is 18.8. The van der Waals surface area contributed by atoms with Gasteiger partial charge in [-0.1, -0.05) is 93.9 Å². The number of allylic oxidation sites excluding steroid dienone is 3. The summed E-state index contributed by atoms with van der Waals surface area (Å²) in [4.78, 5) is 27.8. The number of ketones is 1. The number of methoxy groups -OCH3 is 1. The summed E-state index contributed by atoms with van der Waals surface area (Å²) >= 11 is 0. The third kappa shape index (κ3) is 12.8. The molecule has 2 rings (SSSR count). The Hall–Kier alpha value is -1.37. The smallest absolute Gasteiger partial charge is 0.323 e. The SMILES string of the molecule is C=CCC(CC=C)C(=O)C[C@H](O[Si](C)(C)C(C)(C)C)[C@@H](C)[C@H](OC(=O)[C@@H]1CCCCN1)/C(C)=C/[C@@H]1CC[C@@H](O[Si](C(C)C)(C(C)C)C(C)C)[C@H](OC)C1. The van der Waals surface area contributed by atoms with Gasteiger partial charge in [-0.25, -0.2) is 0 Å². The maximum Gasteiger partial charge on any atom is 0.323 e. The van der Waals surface area contributed by atoms with Crippen molar-refractivity contribution in [2.45, 2.75) is 199 Å². The Morgan fingerprint density at radius 2 is 1.47 bits per heavy atom. The van der Waals surface area contributed by atoms with Crippen molar-refractivity contribution in [2.24, 2.45) is 17.8 Å². The van der Waals surface area contributed by atoms with Crippen LogP contribution in [0, 0.1) is 17.8 Å². The fraction of sp³-hybridized carbons (Fsp3) is 0.818. The number of ether oxygens (including phenoxy) is 2. The molecule has 1 aliphatic heterocycles. The summed E-state index contributed by atoms with van der Waals surface area (Å²) in [6.07, 6.45) is 12.1. The van der Waals surface area contributed by atoms with Gasteiger partial charge in [-0.2, -0.15) is 0 Å². The summed E-state index contributed by atoms with van der Waals surface area (Å²) in [6.45, 7) is 38.0. The highest BCUT2D eigenvalue weighted by molar-refractivity contribution is 6.77. The van der Waals surface area contributed by atoms with Gasteiger partial charge in [-0.05, 0) is 105 Å². The van der Waals surface area contributed by atoms with Crippen molar-refractivity contribution in [1.29, 1.82) is 0 Å². The van der Waals surface area contributed by atoms with Crippen LogP contribution in [0.15, 0.2) is 37.0 Å². The zero-order valence-electron chi connectivity index (χ0n) is 36.5. The molecule has 1 saturated carbocycles. The third-order valence-corrected chi connectivity index (χ3v) is 23.6. The highest BCUT2D eigenvalue weighted by atomic mass is 28.4. The van der Waals surface area contributed by atoms with Crippen LogP contribution in [0.3, 0.4) is 0 Å². The molecule has 0 amide bonds. The molecule has 9 heteroatoms. The molecular weight excluding hydrogens is 695 g/mol. The van der Waals surface area contributed by atoms with E-state index >= 15 is 0 Å². The molecule has 0 unspecified atom stereocenters. The monoisotopic (exact) mass is 776 g/mol. The van der Waals surface area contributed by atoms with Gasteiger partial charge in [0.2, 0.25) is 8.32 Å². The van der Waals surface area contributed by atoms with E-state index in [2.05, 4.69) is 114 Å².